The predicted molar refractivity (Wildman–Crippen MR) is 92.8 cm³/mol. The van der Waals surface area contributed by atoms with E-state index in [2.05, 4.69) is 20.7 Å². The summed E-state index contributed by atoms with van der Waals surface area (Å²) in [5, 5.41) is 10.2. The van der Waals surface area contributed by atoms with Crippen LogP contribution in [0.4, 0.5) is 5.69 Å². The fraction of sp³-hybridized carbons (Fsp3) is 0.167. The molecule has 0 unspecified atom stereocenters. The van der Waals surface area contributed by atoms with Crippen molar-refractivity contribution in [3.8, 4) is 5.69 Å². The Morgan fingerprint density at radius 1 is 1.17 bits per heavy atom. The quantitative estimate of drug-likeness (QED) is 0.732. The first-order valence-electron chi connectivity index (χ1n) is 7.75. The van der Waals surface area contributed by atoms with Gasteiger partial charge in [0.15, 0.2) is 0 Å². The van der Waals surface area contributed by atoms with E-state index in [9.17, 15) is 4.79 Å². The maximum Gasteiger partial charge on any atom is 0.238 e. The van der Waals surface area contributed by atoms with Crippen LogP contribution in [0.3, 0.4) is 0 Å². The summed E-state index contributed by atoms with van der Waals surface area (Å²) in [5.74, 6) is -0.0944. The lowest BCUT2D eigenvalue weighted by Crippen LogP contribution is -2.30. The molecule has 3 rings (SSSR count). The molecule has 1 atom stereocenters. The number of rotatable bonds is 6. The fourth-order valence-electron chi connectivity index (χ4n) is 2.34. The van der Waals surface area contributed by atoms with Gasteiger partial charge in [-0.25, -0.2) is 4.68 Å². The molecule has 1 amide bonds. The molecule has 0 aliphatic heterocycles. The minimum absolute atomic E-state index is 0.0660. The molecule has 0 saturated heterocycles. The summed E-state index contributed by atoms with van der Waals surface area (Å²) >= 11 is 0. The van der Waals surface area contributed by atoms with E-state index in [1.807, 2.05) is 54.2 Å². The Morgan fingerprint density at radius 2 is 2.00 bits per heavy atom. The number of hydrogen-bond acceptors (Lipinski definition) is 4. The van der Waals surface area contributed by atoms with E-state index in [0.29, 0.717) is 5.69 Å². The maximum absolute atomic E-state index is 11.9. The van der Waals surface area contributed by atoms with Crippen molar-refractivity contribution in [2.24, 2.45) is 0 Å². The Hall–Kier alpha value is -2.99. The van der Waals surface area contributed by atoms with Gasteiger partial charge in [-0.15, -0.1) is 0 Å². The van der Waals surface area contributed by atoms with Crippen molar-refractivity contribution in [3.05, 3.63) is 72.8 Å². The Kier molecular flexibility index (Phi) is 4.98. The van der Waals surface area contributed by atoms with Crippen LogP contribution in [0.2, 0.25) is 0 Å². The Balaban J connectivity index is 1.53. The zero-order valence-corrected chi connectivity index (χ0v) is 13.4. The number of anilines is 1. The van der Waals surface area contributed by atoms with Gasteiger partial charge in [-0.1, -0.05) is 12.1 Å². The molecule has 2 aromatic heterocycles. The van der Waals surface area contributed by atoms with Crippen molar-refractivity contribution in [3.63, 3.8) is 0 Å². The van der Waals surface area contributed by atoms with Gasteiger partial charge >= 0.3 is 0 Å². The second-order valence-electron chi connectivity index (χ2n) is 5.43. The van der Waals surface area contributed by atoms with Crippen LogP contribution >= 0.6 is 0 Å². The average molecular weight is 321 g/mol. The summed E-state index contributed by atoms with van der Waals surface area (Å²) in [6.45, 7) is 2.26. The molecule has 0 saturated carbocycles. The van der Waals surface area contributed by atoms with Crippen molar-refractivity contribution in [2.75, 3.05) is 11.9 Å². The second kappa shape index (κ2) is 7.52. The highest BCUT2D eigenvalue weighted by Gasteiger charge is 2.08. The van der Waals surface area contributed by atoms with Gasteiger partial charge in [-0.3, -0.25) is 9.78 Å². The number of nitrogens with zero attached hydrogens (tertiary/aromatic N) is 3. The summed E-state index contributed by atoms with van der Waals surface area (Å²) in [5.41, 5.74) is 2.81. The highest BCUT2D eigenvalue weighted by Crippen LogP contribution is 2.15. The van der Waals surface area contributed by atoms with Gasteiger partial charge in [0, 0.05) is 24.6 Å². The zero-order valence-electron chi connectivity index (χ0n) is 13.4. The number of aromatic nitrogens is 3. The van der Waals surface area contributed by atoms with Gasteiger partial charge < -0.3 is 10.6 Å². The number of pyridine rings is 1. The molecule has 0 bridgehead atoms. The molecular formula is C18H19N5O. The molecule has 0 aliphatic carbocycles. The highest BCUT2D eigenvalue weighted by atomic mass is 16.1. The number of amides is 1. The van der Waals surface area contributed by atoms with E-state index in [1.54, 1.807) is 24.7 Å². The van der Waals surface area contributed by atoms with Crippen LogP contribution in [0.25, 0.3) is 5.69 Å². The third-order valence-electron chi connectivity index (χ3n) is 3.68. The van der Waals surface area contributed by atoms with Gasteiger partial charge in [0.2, 0.25) is 5.91 Å². The van der Waals surface area contributed by atoms with Gasteiger partial charge in [0.1, 0.15) is 0 Å². The van der Waals surface area contributed by atoms with Crippen molar-refractivity contribution in [1.82, 2.24) is 20.1 Å². The normalized spacial score (nSPS) is 11.9. The number of carbonyl (C=O) groups is 1. The molecule has 1 aromatic carbocycles. The standard InChI is InChI=1S/C18H19N5O/c1-14(20-13-18(24)22-16-4-2-9-19-12-16)15-5-7-17(8-6-15)23-11-3-10-21-23/h2-12,14,20H,13H2,1H3,(H,22,24)/t14-/m0/s1. The summed E-state index contributed by atoms with van der Waals surface area (Å²) in [4.78, 5) is 15.9. The molecule has 2 heterocycles. The highest BCUT2D eigenvalue weighted by molar-refractivity contribution is 5.92. The Morgan fingerprint density at radius 3 is 2.67 bits per heavy atom. The summed E-state index contributed by atoms with van der Waals surface area (Å²) in [6, 6.07) is 13.6. The Labute approximate surface area is 140 Å². The van der Waals surface area contributed by atoms with Gasteiger partial charge in [-0.2, -0.15) is 5.10 Å². The number of hydrogen-bond donors (Lipinski definition) is 2. The number of nitrogens with one attached hydrogen (secondary N) is 2. The topological polar surface area (TPSA) is 71.8 Å². The first-order valence-corrected chi connectivity index (χ1v) is 7.75. The van der Waals surface area contributed by atoms with Crippen LogP contribution in [0.15, 0.2) is 67.3 Å². The first kappa shape index (κ1) is 15.9. The van der Waals surface area contributed by atoms with Gasteiger partial charge in [0.05, 0.1) is 24.1 Å². The van der Waals surface area contributed by atoms with E-state index in [0.717, 1.165) is 11.3 Å². The van der Waals surface area contributed by atoms with Crippen LogP contribution in [-0.4, -0.2) is 27.2 Å². The first-order chi connectivity index (χ1) is 11.7. The van der Waals surface area contributed by atoms with Crippen LogP contribution in [0.1, 0.15) is 18.5 Å². The smallest absolute Gasteiger partial charge is 0.238 e. The van der Waals surface area contributed by atoms with E-state index in [-0.39, 0.29) is 18.5 Å². The van der Waals surface area contributed by atoms with Crippen molar-refractivity contribution in [2.45, 2.75) is 13.0 Å². The third kappa shape index (κ3) is 4.05. The molecule has 122 valence electrons. The molecule has 6 nitrogen and oxygen atoms in total. The molecule has 24 heavy (non-hydrogen) atoms. The maximum atomic E-state index is 11.9. The van der Waals surface area contributed by atoms with E-state index in [4.69, 9.17) is 0 Å². The number of carbonyl (C=O) groups excluding carboxylic acids is 1. The molecular weight excluding hydrogens is 302 g/mol. The zero-order chi connectivity index (χ0) is 16.8. The predicted octanol–water partition coefficient (Wildman–Crippen LogP) is 2.56. The Bertz CT molecular complexity index is 769. The van der Waals surface area contributed by atoms with Crippen molar-refractivity contribution >= 4 is 11.6 Å². The minimum atomic E-state index is -0.0944. The average Bonchev–Trinajstić information content (AvgIpc) is 3.15. The lowest BCUT2D eigenvalue weighted by molar-refractivity contribution is -0.115. The van der Waals surface area contributed by atoms with E-state index < -0.39 is 0 Å². The van der Waals surface area contributed by atoms with Crippen molar-refractivity contribution < 1.29 is 4.79 Å². The molecule has 0 radical (unpaired) electrons. The molecule has 0 fully saturated rings. The SMILES string of the molecule is C[C@H](NCC(=O)Nc1cccnc1)c1ccc(-n2cccn2)cc1. The van der Waals surface area contributed by atoms with Gasteiger partial charge in [0.25, 0.3) is 0 Å². The number of benzene rings is 1. The molecule has 0 aliphatic rings. The van der Waals surface area contributed by atoms with Crippen molar-refractivity contribution in [1.29, 1.82) is 0 Å². The largest absolute Gasteiger partial charge is 0.324 e. The van der Waals surface area contributed by atoms with E-state index in [1.165, 1.54) is 0 Å². The third-order valence-corrected chi connectivity index (χ3v) is 3.68. The minimum Gasteiger partial charge on any atom is -0.324 e. The van der Waals surface area contributed by atoms with Gasteiger partial charge in [-0.05, 0) is 42.8 Å². The van der Waals surface area contributed by atoms with E-state index >= 15 is 0 Å². The summed E-state index contributed by atoms with van der Waals surface area (Å²) in [7, 11) is 0. The monoisotopic (exact) mass is 321 g/mol. The molecule has 3 aromatic rings. The summed E-state index contributed by atoms with van der Waals surface area (Å²) in [6.07, 6.45) is 6.94. The van der Waals surface area contributed by atoms with Crippen LogP contribution in [-0.2, 0) is 4.79 Å². The fourth-order valence-corrected chi connectivity index (χ4v) is 2.34. The molecule has 6 heteroatoms. The lowest BCUT2D eigenvalue weighted by Gasteiger charge is -2.14. The van der Waals surface area contributed by atoms with Crippen LogP contribution in [0.5, 0.6) is 0 Å². The molecule has 2 N–H and O–H groups in total. The lowest BCUT2D eigenvalue weighted by atomic mass is 10.1. The van der Waals surface area contributed by atoms with Crippen LogP contribution in [0, 0.1) is 0 Å². The second-order valence-corrected chi connectivity index (χ2v) is 5.43. The van der Waals surface area contributed by atoms with Crippen LogP contribution < -0.4 is 10.6 Å². The molecule has 0 spiro atoms. The summed E-state index contributed by atoms with van der Waals surface area (Å²) < 4.78 is 1.81.